The molecule has 1 N–H and O–H groups in total. The van der Waals surface area contributed by atoms with Gasteiger partial charge in [-0.2, -0.15) is 0 Å². The monoisotopic (exact) mass is 358 g/mol. The fraction of sp³-hybridized carbons (Fsp3) is 0.278. The van der Waals surface area contributed by atoms with Crippen molar-refractivity contribution < 1.29 is 9.90 Å². The second-order valence-electron chi connectivity index (χ2n) is 5.85. The number of rotatable bonds is 5. The maximum atomic E-state index is 13.2. The molecule has 7 heteroatoms. The van der Waals surface area contributed by atoms with E-state index in [0.717, 1.165) is 5.82 Å². The third-order valence-electron chi connectivity index (χ3n) is 4.06. The molecule has 0 radical (unpaired) electrons. The number of imidazole rings is 1. The van der Waals surface area contributed by atoms with E-state index in [1.54, 1.807) is 29.3 Å². The third-order valence-corrected chi connectivity index (χ3v) is 4.36. The van der Waals surface area contributed by atoms with Crippen LogP contribution in [0.1, 0.15) is 21.9 Å². The van der Waals surface area contributed by atoms with Crippen LogP contribution in [0.3, 0.4) is 0 Å². The van der Waals surface area contributed by atoms with E-state index in [4.69, 9.17) is 11.6 Å². The van der Waals surface area contributed by atoms with Gasteiger partial charge in [-0.15, -0.1) is 0 Å². The summed E-state index contributed by atoms with van der Waals surface area (Å²) in [6, 6.07) is 7.14. The van der Waals surface area contributed by atoms with E-state index in [1.807, 2.05) is 30.8 Å². The smallest absolute Gasteiger partial charge is 0.255 e. The normalized spacial score (nSPS) is 11.0. The van der Waals surface area contributed by atoms with Crippen molar-refractivity contribution in [2.75, 3.05) is 13.2 Å². The van der Waals surface area contributed by atoms with E-state index in [0.29, 0.717) is 33.7 Å². The Morgan fingerprint density at radius 1 is 1.40 bits per heavy atom. The number of nitrogens with zero attached hydrogens (tertiary/aromatic N) is 4. The van der Waals surface area contributed by atoms with Gasteiger partial charge in [-0.25, -0.2) is 4.98 Å². The van der Waals surface area contributed by atoms with Crippen molar-refractivity contribution in [3.8, 4) is 0 Å². The van der Waals surface area contributed by atoms with Crippen LogP contribution in [0.4, 0.5) is 0 Å². The van der Waals surface area contributed by atoms with E-state index in [9.17, 15) is 9.90 Å². The molecule has 0 bridgehead atoms. The predicted octanol–water partition coefficient (Wildman–Crippen LogP) is 2.56. The van der Waals surface area contributed by atoms with Gasteiger partial charge >= 0.3 is 0 Å². The van der Waals surface area contributed by atoms with Gasteiger partial charge in [-0.3, -0.25) is 9.78 Å². The molecule has 0 saturated carbocycles. The van der Waals surface area contributed by atoms with Crippen molar-refractivity contribution in [3.05, 3.63) is 58.8 Å². The zero-order valence-corrected chi connectivity index (χ0v) is 14.9. The van der Waals surface area contributed by atoms with Crippen LogP contribution in [0.2, 0.25) is 5.02 Å². The van der Waals surface area contributed by atoms with E-state index in [1.165, 1.54) is 0 Å². The van der Waals surface area contributed by atoms with Gasteiger partial charge in [0.1, 0.15) is 5.82 Å². The molecule has 2 aromatic heterocycles. The first-order valence-electron chi connectivity index (χ1n) is 7.93. The fourth-order valence-corrected chi connectivity index (χ4v) is 3.00. The molecule has 0 fully saturated rings. The molecule has 0 spiro atoms. The Labute approximate surface area is 150 Å². The zero-order chi connectivity index (χ0) is 18.0. The lowest BCUT2D eigenvalue weighted by Crippen LogP contribution is -2.34. The lowest BCUT2D eigenvalue weighted by molar-refractivity contribution is 0.0703. The average Bonchev–Trinajstić information content (AvgIpc) is 2.99. The van der Waals surface area contributed by atoms with Gasteiger partial charge in [0.05, 0.1) is 29.3 Å². The van der Waals surface area contributed by atoms with Crippen molar-refractivity contribution in [1.29, 1.82) is 0 Å². The Hall–Kier alpha value is -2.44. The summed E-state index contributed by atoms with van der Waals surface area (Å²) in [7, 11) is 1.87. The minimum atomic E-state index is -0.185. The minimum Gasteiger partial charge on any atom is -0.395 e. The summed E-state index contributed by atoms with van der Waals surface area (Å²) in [5.74, 6) is 0.560. The van der Waals surface area contributed by atoms with Gasteiger partial charge in [0.2, 0.25) is 0 Å². The number of aryl methyl sites for hydroxylation is 2. The number of hydrogen-bond donors (Lipinski definition) is 1. The topological polar surface area (TPSA) is 71.2 Å². The quantitative estimate of drug-likeness (QED) is 0.761. The zero-order valence-electron chi connectivity index (χ0n) is 14.1. The SMILES string of the molecule is Cc1cc(C(=O)N(CCO)Cc2nccn2C)c2cccc(Cl)c2n1. The molecule has 0 unspecified atom stereocenters. The number of pyridine rings is 1. The molecular weight excluding hydrogens is 340 g/mol. The Morgan fingerprint density at radius 2 is 2.20 bits per heavy atom. The molecule has 0 atom stereocenters. The Kier molecular flexibility index (Phi) is 5.01. The Bertz CT molecular complexity index is 923. The van der Waals surface area contributed by atoms with E-state index >= 15 is 0 Å². The van der Waals surface area contributed by atoms with Gasteiger partial charge in [-0.05, 0) is 19.1 Å². The minimum absolute atomic E-state index is 0.126. The highest BCUT2D eigenvalue weighted by Gasteiger charge is 2.21. The summed E-state index contributed by atoms with van der Waals surface area (Å²) in [6.45, 7) is 2.23. The number of para-hydroxylation sites is 1. The van der Waals surface area contributed by atoms with Gasteiger partial charge < -0.3 is 14.6 Å². The van der Waals surface area contributed by atoms with Gasteiger partial charge in [0.25, 0.3) is 5.91 Å². The molecule has 1 amide bonds. The number of aromatic nitrogens is 3. The van der Waals surface area contributed by atoms with Crippen LogP contribution in [-0.2, 0) is 13.6 Å². The number of benzene rings is 1. The lowest BCUT2D eigenvalue weighted by atomic mass is 10.1. The first-order chi connectivity index (χ1) is 12.0. The largest absolute Gasteiger partial charge is 0.395 e. The molecule has 6 nitrogen and oxygen atoms in total. The summed E-state index contributed by atoms with van der Waals surface area (Å²) in [5.41, 5.74) is 1.84. The maximum Gasteiger partial charge on any atom is 0.255 e. The molecule has 3 aromatic rings. The average molecular weight is 359 g/mol. The number of halogens is 1. The number of carbonyl (C=O) groups excluding carboxylic acids is 1. The number of carbonyl (C=O) groups is 1. The van der Waals surface area contributed by atoms with Gasteiger partial charge in [0, 0.05) is 37.1 Å². The Balaban J connectivity index is 2.04. The van der Waals surface area contributed by atoms with E-state index in [2.05, 4.69) is 9.97 Å². The second-order valence-corrected chi connectivity index (χ2v) is 6.26. The Morgan fingerprint density at radius 3 is 2.88 bits per heavy atom. The van der Waals surface area contributed by atoms with Crippen molar-refractivity contribution in [2.24, 2.45) is 7.05 Å². The van der Waals surface area contributed by atoms with Crippen molar-refractivity contribution >= 4 is 28.4 Å². The second kappa shape index (κ2) is 7.21. The molecule has 0 aliphatic heterocycles. The van der Waals surface area contributed by atoms with Crippen LogP contribution in [0.25, 0.3) is 10.9 Å². The summed E-state index contributed by atoms with van der Waals surface area (Å²) in [4.78, 5) is 23.4. The number of aliphatic hydroxyl groups excluding tert-OH is 1. The van der Waals surface area contributed by atoms with Gasteiger partial charge in [0.15, 0.2) is 0 Å². The molecule has 0 aliphatic rings. The molecule has 130 valence electrons. The standard InChI is InChI=1S/C18H19ClN4O2/c1-12-10-14(13-4-3-5-15(19)17(13)21-12)18(25)23(8-9-24)11-16-20-6-7-22(16)2/h3-7,10,24H,8-9,11H2,1-2H3. The van der Waals surface area contributed by atoms with Crippen molar-refractivity contribution in [3.63, 3.8) is 0 Å². The molecular formula is C18H19ClN4O2. The number of hydrogen-bond acceptors (Lipinski definition) is 4. The number of fused-ring (bicyclic) bond motifs is 1. The molecule has 1 aromatic carbocycles. The van der Waals surface area contributed by atoms with Crippen LogP contribution in [0.15, 0.2) is 36.7 Å². The highest BCUT2D eigenvalue weighted by molar-refractivity contribution is 6.35. The fourth-order valence-electron chi connectivity index (χ4n) is 2.78. The number of aliphatic hydroxyl groups is 1. The first kappa shape index (κ1) is 17.4. The van der Waals surface area contributed by atoms with Crippen LogP contribution in [0.5, 0.6) is 0 Å². The maximum absolute atomic E-state index is 13.2. The molecule has 0 saturated heterocycles. The van der Waals surface area contributed by atoms with E-state index < -0.39 is 0 Å². The summed E-state index contributed by atoms with van der Waals surface area (Å²) in [6.07, 6.45) is 3.51. The molecule has 2 heterocycles. The molecule has 3 rings (SSSR count). The van der Waals surface area contributed by atoms with Crippen LogP contribution in [0, 0.1) is 6.92 Å². The lowest BCUT2D eigenvalue weighted by Gasteiger charge is -2.22. The first-order valence-corrected chi connectivity index (χ1v) is 8.31. The third kappa shape index (κ3) is 3.50. The molecule has 0 aliphatic carbocycles. The van der Waals surface area contributed by atoms with Crippen molar-refractivity contribution in [1.82, 2.24) is 19.4 Å². The highest BCUT2D eigenvalue weighted by atomic mass is 35.5. The van der Waals surface area contributed by atoms with Crippen molar-refractivity contribution in [2.45, 2.75) is 13.5 Å². The predicted molar refractivity (Wildman–Crippen MR) is 96.5 cm³/mol. The van der Waals surface area contributed by atoms with E-state index in [-0.39, 0.29) is 19.1 Å². The number of amides is 1. The van der Waals surface area contributed by atoms with Gasteiger partial charge in [-0.1, -0.05) is 23.7 Å². The highest BCUT2D eigenvalue weighted by Crippen LogP contribution is 2.26. The van der Waals surface area contributed by atoms with Crippen LogP contribution >= 0.6 is 11.6 Å². The van der Waals surface area contributed by atoms with Crippen LogP contribution < -0.4 is 0 Å². The van der Waals surface area contributed by atoms with Crippen LogP contribution in [-0.4, -0.2) is 43.6 Å². The summed E-state index contributed by atoms with van der Waals surface area (Å²) < 4.78 is 1.85. The summed E-state index contributed by atoms with van der Waals surface area (Å²) in [5, 5.41) is 10.6. The molecule has 25 heavy (non-hydrogen) atoms. The summed E-state index contributed by atoms with van der Waals surface area (Å²) >= 11 is 6.24.